The fraction of sp³-hybridized carbons (Fsp3) is 1.00. The maximum absolute atomic E-state index is 3.75. The molecule has 2 atom stereocenters. The molecule has 1 unspecified atom stereocenters. The minimum Gasteiger partial charge on any atom is -0.314 e. The summed E-state index contributed by atoms with van der Waals surface area (Å²) >= 11 is 0. The Morgan fingerprint density at radius 3 is 2.43 bits per heavy atom. The van der Waals surface area contributed by atoms with E-state index in [-0.39, 0.29) is 0 Å². The molecule has 0 aromatic rings. The van der Waals surface area contributed by atoms with Gasteiger partial charge in [-0.05, 0) is 57.2 Å². The highest BCUT2D eigenvalue weighted by molar-refractivity contribution is 4.93. The SMILES string of the molecule is C1CCC([C@@H]2CN3CCC2CC3)NC1. The van der Waals surface area contributed by atoms with Crippen LogP contribution in [0.3, 0.4) is 0 Å². The van der Waals surface area contributed by atoms with Crippen LogP contribution in [0.2, 0.25) is 0 Å². The fourth-order valence-electron chi connectivity index (χ4n) is 3.71. The first kappa shape index (κ1) is 9.17. The topological polar surface area (TPSA) is 15.3 Å². The molecule has 0 radical (unpaired) electrons. The molecule has 0 saturated carbocycles. The zero-order valence-corrected chi connectivity index (χ0v) is 9.04. The van der Waals surface area contributed by atoms with Crippen LogP contribution >= 0.6 is 0 Å². The predicted octanol–water partition coefficient (Wildman–Crippen LogP) is 1.47. The standard InChI is InChI=1S/C12H22N2/c1-2-6-13-12(3-1)11-9-14-7-4-10(11)5-8-14/h10-13H,1-9H2/t11-,12?/m1/s1. The summed E-state index contributed by atoms with van der Waals surface area (Å²) in [5.41, 5.74) is 0. The van der Waals surface area contributed by atoms with Crippen LogP contribution in [0.1, 0.15) is 32.1 Å². The Balaban J connectivity index is 1.66. The van der Waals surface area contributed by atoms with E-state index in [4.69, 9.17) is 0 Å². The first-order valence-electron chi connectivity index (χ1n) is 6.39. The Kier molecular flexibility index (Phi) is 2.50. The molecule has 2 heteroatoms. The highest BCUT2D eigenvalue weighted by Crippen LogP contribution is 2.36. The molecule has 4 rings (SSSR count). The Morgan fingerprint density at radius 1 is 1.00 bits per heavy atom. The summed E-state index contributed by atoms with van der Waals surface area (Å²) in [6.07, 6.45) is 7.25. The van der Waals surface area contributed by atoms with Gasteiger partial charge in [0.25, 0.3) is 0 Å². The van der Waals surface area contributed by atoms with Gasteiger partial charge in [0.2, 0.25) is 0 Å². The molecule has 4 heterocycles. The van der Waals surface area contributed by atoms with Gasteiger partial charge >= 0.3 is 0 Å². The molecule has 0 aliphatic carbocycles. The van der Waals surface area contributed by atoms with Crippen molar-refractivity contribution in [2.24, 2.45) is 11.8 Å². The molecule has 0 amide bonds. The summed E-state index contributed by atoms with van der Waals surface area (Å²) in [4.78, 5) is 2.68. The second-order valence-corrected chi connectivity index (χ2v) is 5.36. The van der Waals surface area contributed by atoms with Gasteiger partial charge in [0.1, 0.15) is 0 Å². The van der Waals surface area contributed by atoms with E-state index in [0.29, 0.717) is 0 Å². The normalized spacial score (nSPS) is 48.0. The van der Waals surface area contributed by atoms with Gasteiger partial charge in [-0.15, -0.1) is 0 Å². The van der Waals surface area contributed by atoms with Crippen LogP contribution in [0.25, 0.3) is 0 Å². The van der Waals surface area contributed by atoms with Crippen LogP contribution in [0, 0.1) is 11.8 Å². The predicted molar refractivity (Wildman–Crippen MR) is 58.3 cm³/mol. The summed E-state index contributed by atoms with van der Waals surface area (Å²) in [5, 5.41) is 3.75. The number of hydrogen-bond acceptors (Lipinski definition) is 2. The lowest BCUT2D eigenvalue weighted by Gasteiger charge is -2.48. The summed E-state index contributed by atoms with van der Waals surface area (Å²) in [7, 11) is 0. The monoisotopic (exact) mass is 194 g/mol. The molecule has 1 N–H and O–H groups in total. The van der Waals surface area contributed by atoms with E-state index in [0.717, 1.165) is 17.9 Å². The summed E-state index contributed by atoms with van der Waals surface area (Å²) < 4.78 is 0. The lowest BCUT2D eigenvalue weighted by atomic mass is 9.73. The van der Waals surface area contributed by atoms with E-state index in [9.17, 15) is 0 Å². The third-order valence-electron chi connectivity index (χ3n) is 4.57. The van der Waals surface area contributed by atoms with Crippen molar-refractivity contribution in [3.8, 4) is 0 Å². The Hall–Kier alpha value is -0.0800. The van der Waals surface area contributed by atoms with Crippen molar-refractivity contribution in [1.29, 1.82) is 0 Å². The van der Waals surface area contributed by atoms with E-state index in [1.165, 1.54) is 58.3 Å². The molecule has 0 aromatic carbocycles. The van der Waals surface area contributed by atoms with E-state index in [1.54, 1.807) is 0 Å². The van der Waals surface area contributed by atoms with Crippen LogP contribution in [0.5, 0.6) is 0 Å². The molecule has 14 heavy (non-hydrogen) atoms. The van der Waals surface area contributed by atoms with E-state index < -0.39 is 0 Å². The molecule has 0 spiro atoms. The van der Waals surface area contributed by atoms with E-state index >= 15 is 0 Å². The van der Waals surface area contributed by atoms with Crippen LogP contribution in [-0.2, 0) is 0 Å². The van der Waals surface area contributed by atoms with Crippen molar-refractivity contribution >= 4 is 0 Å². The number of fused-ring (bicyclic) bond motifs is 3. The van der Waals surface area contributed by atoms with Crippen molar-refractivity contribution in [2.45, 2.75) is 38.1 Å². The van der Waals surface area contributed by atoms with E-state index in [2.05, 4.69) is 10.2 Å². The van der Waals surface area contributed by atoms with Gasteiger partial charge in [0, 0.05) is 12.6 Å². The van der Waals surface area contributed by atoms with Crippen molar-refractivity contribution in [3.63, 3.8) is 0 Å². The van der Waals surface area contributed by atoms with Crippen LogP contribution < -0.4 is 5.32 Å². The molecule has 4 aliphatic heterocycles. The van der Waals surface area contributed by atoms with Crippen LogP contribution in [0.15, 0.2) is 0 Å². The van der Waals surface area contributed by atoms with Crippen molar-refractivity contribution < 1.29 is 0 Å². The molecular weight excluding hydrogens is 172 g/mol. The third kappa shape index (κ3) is 1.59. The number of nitrogens with one attached hydrogen (secondary N) is 1. The van der Waals surface area contributed by atoms with Crippen molar-refractivity contribution in [2.75, 3.05) is 26.2 Å². The highest BCUT2D eigenvalue weighted by Gasteiger charge is 2.38. The largest absolute Gasteiger partial charge is 0.314 e. The van der Waals surface area contributed by atoms with Gasteiger partial charge in [-0.25, -0.2) is 0 Å². The van der Waals surface area contributed by atoms with Gasteiger partial charge in [0.05, 0.1) is 0 Å². The molecule has 4 aliphatic rings. The average molecular weight is 194 g/mol. The van der Waals surface area contributed by atoms with Gasteiger partial charge in [0.15, 0.2) is 0 Å². The van der Waals surface area contributed by atoms with Gasteiger partial charge < -0.3 is 10.2 Å². The Morgan fingerprint density at radius 2 is 1.86 bits per heavy atom. The first-order valence-corrected chi connectivity index (χ1v) is 6.39. The van der Waals surface area contributed by atoms with Crippen molar-refractivity contribution in [3.05, 3.63) is 0 Å². The van der Waals surface area contributed by atoms with Crippen molar-refractivity contribution in [1.82, 2.24) is 10.2 Å². The summed E-state index contributed by atoms with van der Waals surface area (Å²) in [6, 6.07) is 0.858. The minimum atomic E-state index is 0.858. The lowest BCUT2D eigenvalue weighted by Crippen LogP contribution is -2.55. The van der Waals surface area contributed by atoms with Gasteiger partial charge in [-0.1, -0.05) is 6.42 Å². The minimum absolute atomic E-state index is 0.858. The second kappa shape index (κ2) is 3.82. The third-order valence-corrected chi connectivity index (χ3v) is 4.57. The molecule has 2 bridgehead atoms. The Bertz CT molecular complexity index is 190. The molecule has 4 saturated heterocycles. The zero-order valence-electron chi connectivity index (χ0n) is 9.04. The fourth-order valence-corrected chi connectivity index (χ4v) is 3.71. The van der Waals surface area contributed by atoms with Crippen LogP contribution in [0.4, 0.5) is 0 Å². The average Bonchev–Trinajstić information content (AvgIpc) is 2.32. The summed E-state index contributed by atoms with van der Waals surface area (Å²) in [6.45, 7) is 5.43. The lowest BCUT2D eigenvalue weighted by molar-refractivity contribution is 0.0252. The quantitative estimate of drug-likeness (QED) is 0.680. The summed E-state index contributed by atoms with van der Waals surface area (Å²) in [5.74, 6) is 2.04. The first-order chi connectivity index (χ1) is 6.93. The molecule has 2 nitrogen and oxygen atoms in total. The number of nitrogens with zero attached hydrogens (tertiary/aromatic N) is 1. The number of hydrogen-bond donors (Lipinski definition) is 1. The molecule has 80 valence electrons. The molecule has 0 aromatic heterocycles. The van der Waals surface area contributed by atoms with Gasteiger partial charge in [-0.2, -0.15) is 0 Å². The molecular formula is C12H22N2. The smallest absolute Gasteiger partial charge is 0.0110 e. The van der Waals surface area contributed by atoms with E-state index in [1.807, 2.05) is 0 Å². The second-order valence-electron chi connectivity index (χ2n) is 5.36. The number of piperidine rings is 4. The Labute approximate surface area is 87.0 Å². The zero-order chi connectivity index (χ0) is 9.38. The maximum atomic E-state index is 3.75. The maximum Gasteiger partial charge on any atom is 0.0110 e. The van der Waals surface area contributed by atoms with Gasteiger partial charge in [-0.3, -0.25) is 0 Å². The van der Waals surface area contributed by atoms with Crippen LogP contribution in [-0.4, -0.2) is 37.1 Å². The highest BCUT2D eigenvalue weighted by atomic mass is 15.2. The molecule has 4 fully saturated rings. The number of rotatable bonds is 1.